The van der Waals surface area contributed by atoms with Crippen molar-refractivity contribution in [3.8, 4) is 0 Å². The molecule has 1 fully saturated rings. The van der Waals surface area contributed by atoms with E-state index in [1.165, 1.54) is 4.31 Å². The van der Waals surface area contributed by atoms with Gasteiger partial charge in [0.15, 0.2) is 0 Å². The molecule has 122 valence electrons. The lowest BCUT2D eigenvalue weighted by Gasteiger charge is -2.20. The van der Waals surface area contributed by atoms with E-state index in [4.69, 9.17) is 0 Å². The van der Waals surface area contributed by atoms with Gasteiger partial charge in [0.2, 0.25) is 15.9 Å². The largest absolute Gasteiger partial charge is 0.326 e. The van der Waals surface area contributed by atoms with Crippen LogP contribution >= 0.6 is 0 Å². The van der Waals surface area contributed by atoms with Gasteiger partial charge in [0.25, 0.3) is 0 Å². The molecule has 0 radical (unpaired) electrons. The van der Waals surface area contributed by atoms with Gasteiger partial charge in [0.05, 0.1) is 11.4 Å². The summed E-state index contributed by atoms with van der Waals surface area (Å²) in [7, 11) is -3.21. The van der Waals surface area contributed by atoms with Gasteiger partial charge in [-0.05, 0) is 36.5 Å². The monoisotopic (exact) mass is 324 g/mol. The lowest BCUT2D eigenvalue weighted by Crippen LogP contribution is -2.25. The number of sulfonamides is 1. The molecular weight excluding hydrogens is 300 g/mol. The molecule has 0 atom stereocenters. The van der Waals surface area contributed by atoms with Gasteiger partial charge in [-0.1, -0.05) is 26.8 Å². The zero-order chi connectivity index (χ0) is 16.5. The quantitative estimate of drug-likeness (QED) is 0.929. The van der Waals surface area contributed by atoms with Crippen LogP contribution in [0.15, 0.2) is 18.2 Å². The standard InChI is InChI=1S/C16H24N2O3S/c1-12-6-7-13(18-8-5-9-22(18,20)21)10-14(12)17-15(19)11-16(2,3)4/h6-7,10H,5,8-9,11H2,1-4H3,(H,17,19). The normalized spacial score (nSPS) is 17.5. The molecule has 0 bridgehead atoms. The molecule has 5 nitrogen and oxygen atoms in total. The first-order valence-electron chi connectivity index (χ1n) is 7.49. The third kappa shape index (κ3) is 4.00. The van der Waals surface area contributed by atoms with E-state index in [0.29, 0.717) is 30.8 Å². The number of hydrogen-bond acceptors (Lipinski definition) is 3. The molecule has 0 spiro atoms. The third-order valence-corrected chi connectivity index (χ3v) is 5.44. The van der Waals surface area contributed by atoms with E-state index in [1.807, 2.05) is 33.8 Å². The molecule has 1 aromatic rings. The first kappa shape index (κ1) is 16.8. The second-order valence-electron chi connectivity index (χ2n) is 7.03. The molecule has 0 aromatic heterocycles. The van der Waals surface area contributed by atoms with Crippen molar-refractivity contribution in [3.63, 3.8) is 0 Å². The van der Waals surface area contributed by atoms with Crippen molar-refractivity contribution in [1.82, 2.24) is 0 Å². The number of hydrogen-bond donors (Lipinski definition) is 1. The molecule has 0 unspecified atom stereocenters. The minimum atomic E-state index is -3.21. The number of nitrogens with one attached hydrogen (secondary N) is 1. The first-order valence-corrected chi connectivity index (χ1v) is 9.10. The highest BCUT2D eigenvalue weighted by molar-refractivity contribution is 7.93. The van der Waals surface area contributed by atoms with Gasteiger partial charge in [0, 0.05) is 18.7 Å². The van der Waals surface area contributed by atoms with Crippen LogP contribution in [-0.4, -0.2) is 26.6 Å². The van der Waals surface area contributed by atoms with Gasteiger partial charge < -0.3 is 5.32 Å². The number of amides is 1. The van der Waals surface area contributed by atoms with Crippen molar-refractivity contribution in [3.05, 3.63) is 23.8 Å². The summed E-state index contributed by atoms with van der Waals surface area (Å²) in [5.74, 6) is 0.129. The summed E-state index contributed by atoms with van der Waals surface area (Å²) in [6.07, 6.45) is 1.06. The van der Waals surface area contributed by atoms with Crippen LogP contribution in [0.2, 0.25) is 0 Å². The highest BCUT2D eigenvalue weighted by Gasteiger charge is 2.28. The van der Waals surface area contributed by atoms with E-state index in [-0.39, 0.29) is 17.1 Å². The smallest absolute Gasteiger partial charge is 0.235 e. The minimum absolute atomic E-state index is 0.0583. The van der Waals surface area contributed by atoms with Gasteiger partial charge in [0.1, 0.15) is 0 Å². The van der Waals surface area contributed by atoms with Crippen molar-refractivity contribution < 1.29 is 13.2 Å². The van der Waals surface area contributed by atoms with E-state index in [1.54, 1.807) is 12.1 Å². The Balaban J connectivity index is 2.23. The molecule has 1 heterocycles. The zero-order valence-electron chi connectivity index (χ0n) is 13.6. The van der Waals surface area contributed by atoms with Crippen LogP contribution in [0.3, 0.4) is 0 Å². The Morgan fingerprint density at radius 1 is 1.32 bits per heavy atom. The number of nitrogens with zero attached hydrogens (tertiary/aromatic N) is 1. The first-order chi connectivity index (χ1) is 10.1. The molecule has 6 heteroatoms. The van der Waals surface area contributed by atoms with Crippen LogP contribution in [0.4, 0.5) is 11.4 Å². The fraction of sp³-hybridized carbons (Fsp3) is 0.562. The van der Waals surface area contributed by atoms with E-state index in [0.717, 1.165) is 5.56 Å². The van der Waals surface area contributed by atoms with E-state index >= 15 is 0 Å². The highest BCUT2D eigenvalue weighted by Crippen LogP contribution is 2.29. The van der Waals surface area contributed by atoms with Crippen molar-refractivity contribution in [1.29, 1.82) is 0 Å². The number of carbonyl (C=O) groups is 1. The predicted octanol–water partition coefficient (Wildman–Crippen LogP) is 2.91. The van der Waals surface area contributed by atoms with Gasteiger partial charge in [-0.2, -0.15) is 0 Å². The fourth-order valence-electron chi connectivity index (χ4n) is 2.51. The SMILES string of the molecule is Cc1ccc(N2CCCS2(=O)=O)cc1NC(=O)CC(C)(C)C. The number of benzene rings is 1. The number of aryl methyl sites for hydroxylation is 1. The van der Waals surface area contributed by atoms with Crippen molar-refractivity contribution in [2.75, 3.05) is 21.9 Å². The maximum atomic E-state index is 12.1. The van der Waals surface area contributed by atoms with E-state index in [9.17, 15) is 13.2 Å². The summed E-state index contributed by atoms with van der Waals surface area (Å²) in [5, 5.41) is 2.90. The van der Waals surface area contributed by atoms with Crippen LogP contribution in [-0.2, 0) is 14.8 Å². The number of anilines is 2. The predicted molar refractivity (Wildman–Crippen MR) is 89.6 cm³/mol. The third-order valence-electron chi connectivity index (χ3n) is 3.57. The minimum Gasteiger partial charge on any atom is -0.326 e. The summed E-state index contributed by atoms with van der Waals surface area (Å²) >= 11 is 0. The van der Waals surface area contributed by atoms with Crippen LogP contribution in [0.25, 0.3) is 0 Å². The Labute approximate surface area is 132 Å². The molecule has 1 aliphatic rings. The maximum absolute atomic E-state index is 12.1. The lowest BCUT2D eigenvalue weighted by atomic mass is 9.92. The van der Waals surface area contributed by atoms with Crippen LogP contribution in [0.5, 0.6) is 0 Å². The lowest BCUT2D eigenvalue weighted by molar-refractivity contribution is -0.117. The Bertz CT molecular complexity index is 675. The fourth-order valence-corrected chi connectivity index (χ4v) is 4.06. The molecule has 1 aliphatic heterocycles. The average molecular weight is 324 g/mol. The van der Waals surface area contributed by atoms with E-state index in [2.05, 4.69) is 5.32 Å². The van der Waals surface area contributed by atoms with Gasteiger partial charge in [-0.15, -0.1) is 0 Å². The Hall–Kier alpha value is -1.56. The van der Waals surface area contributed by atoms with Crippen LogP contribution in [0, 0.1) is 12.3 Å². The highest BCUT2D eigenvalue weighted by atomic mass is 32.2. The Kier molecular flexibility index (Phi) is 4.52. The summed E-state index contributed by atoms with van der Waals surface area (Å²) in [6.45, 7) is 8.42. The molecule has 22 heavy (non-hydrogen) atoms. The van der Waals surface area contributed by atoms with Crippen LogP contribution in [0.1, 0.15) is 39.2 Å². The molecule has 1 N–H and O–H groups in total. The molecule has 0 saturated carbocycles. The van der Waals surface area contributed by atoms with Gasteiger partial charge in [-0.25, -0.2) is 8.42 Å². The average Bonchev–Trinajstić information content (AvgIpc) is 2.69. The second-order valence-corrected chi connectivity index (χ2v) is 9.04. The molecule has 2 rings (SSSR count). The maximum Gasteiger partial charge on any atom is 0.235 e. The molecule has 0 aliphatic carbocycles. The van der Waals surface area contributed by atoms with Crippen molar-refractivity contribution >= 4 is 27.3 Å². The summed E-state index contributed by atoms with van der Waals surface area (Å²) < 4.78 is 25.4. The van der Waals surface area contributed by atoms with Crippen molar-refractivity contribution in [2.45, 2.75) is 40.5 Å². The Morgan fingerprint density at radius 2 is 2.00 bits per heavy atom. The molecule has 1 amide bonds. The van der Waals surface area contributed by atoms with Gasteiger partial charge in [-0.3, -0.25) is 9.10 Å². The Morgan fingerprint density at radius 3 is 2.55 bits per heavy atom. The molecule has 1 aromatic carbocycles. The molecule has 1 saturated heterocycles. The number of rotatable bonds is 3. The topological polar surface area (TPSA) is 66.5 Å². The second kappa shape index (κ2) is 5.91. The van der Waals surface area contributed by atoms with Crippen molar-refractivity contribution in [2.24, 2.45) is 5.41 Å². The van der Waals surface area contributed by atoms with Crippen LogP contribution < -0.4 is 9.62 Å². The molecular formula is C16H24N2O3S. The summed E-state index contributed by atoms with van der Waals surface area (Å²) in [6, 6.07) is 5.38. The summed E-state index contributed by atoms with van der Waals surface area (Å²) in [4.78, 5) is 12.1. The van der Waals surface area contributed by atoms with E-state index < -0.39 is 10.0 Å². The number of carbonyl (C=O) groups excluding carboxylic acids is 1. The van der Waals surface area contributed by atoms with Gasteiger partial charge >= 0.3 is 0 Å². The summed E-state index contributed by atoms with van der Waals surface area (Å²) in [5.41, 5.74) is 2.12. The zero-order valence-corrected chi connectivity index (χ0v) is 14.5.